The minimum atomic E-state index is -0.0854. The van der Waals surface area contributed by atoms with Crippen molar-refractivity contribution in [2.75, 3.05) is 0 Å². The van der Waals surface area contributed by atoms with Crippen molar-refractivity contribution in [1.82, 2.24) is 9.55 Å². The number of carbonyl (C=O) groups excluding carboxylic acids is 1. The van der Waals surface area contributed by atoms with E-state index >= 15 is 0 Å². The molecule has 4 aliphatic carbocycles. The van der Waals surface area contributed by atoms with E-state index in [4.69, 9.17) is 0 Å². The van der Waals surface area contributed by atoms with Gasteiger partial charge >= 0.3 is 0 Å². The van der Waals surface area contributed by atoms with E-state index in [1.54, 1.807) is 6.20 Å². The van der Waals surface area contributed by atoms with Gasteiger partial charge in [0, 0.05) is 24.9 Å². The number of aryl methyl sites for hydroxylation is 1. The van der Waals surface area contributed by atoms with Crippen LogP contribution in [0.3, 0.4) is 0 Å². The van der Waals surface area contributed by atoms with Gasteiger partial charge in [-0.05, 0) is 55.8 Å². The van der Waals surface area contributed by atoms with Crippen molar-refractivity contribution in [3.8, 4) is 0 Å². The summed E-state index contributed by atoms with van der Waals surface area (Å²) < 4.78 is 1.89. The summed E-state index contributed by atoms with van der Waals surface area (Å²) >= 11 is 0. The molecule has 0 N–H and O–H groups in total. The van der Waals surface area contributed by atoms with Crippen LogP contribution in [-0.4, -0.2) is 15.3 Å². The van der Waals surface area contributed by atoms with Crippen LogP contribution in [0, 0.1) is 22.7 Å². The molecule has 3 heteroatoms. The zero-order valence-corrected chi connectivity index (χ0v) is 11.9. The van der Waals surface area contributed by atoms with E-state index < -0.39 is 0 Å². The molecule has 19 heavy (non-hydrogen) atoms. The van der Waals surface area contributed by atoms with Crippen LogP contribution < -0.4 is 0 Å². The second-order valence-electron chi connectivity index (χ2n) is 7.74. The first-order valence-electron chi connectivity index (χ1n) is 7.52. The second kappa shape index (κ2) is 3.50. The number of nitrogens with zero attached hydrogens (tertiary/aromatic N) is 2. The first kappa shape index (κ1) is 11.7. The van der Waals surface area contributed by atoms with Gasteiger partial charge in [0.2, 0.25) is 5.78 Å². The monoisotopic (exact) mass is 258 g/mol. The van der Waals surface area contributed by atoms with Crippen LogP contribution >= 0.6 is 0 Å². The number of aromatic nitrogens is 2. The van der Waals surface area contributed by atoms with Gasteiger partial charge in [-0.1, -0.05) is 6.92 Å². The number of Topliss-reactive ketones (excluding diaryl/α,β-unsaturated/α-hetero) is 1. The number of carbonyl (C=O) groups is 1. The number of hydrogen-bond donors (Lipinski definition) is 0. The van der Waals surface area contributed by atoms with Crippen LogP contribution in [0.15, 0.2) is 12.4 Å². The van der Waals surface area contributed by atoms with Crippen LogP contribution in [0.25, 0.3) is 0 Å². The lowest BCUT2D eigenvalue weighted by molar-refractivity contribution is -0.0824. The molecule has 0 radical (unpaired) electrons. The summed E-state index contributed by atoms with van der Waals surface area (Å²) in [6.07, 6.45) is 11.0. The summed E-state index contributed by atoms with van der Waals surface area (Å²) in [7, 11) is 1.93. The third-order valence-corrected chi connectivity index (χ3v) is 5.86. The summed E-state index contributed by atoms with van der Waals surface area (Å²) in [5.41, 5.74) is 0.336. The largest absolute Gasteiger partial charge is 0.332 e. The summed E-state index contributed by atoms with van der Waals surface area (Å²) in [6.45, 7) is 2.41. The van der Waals surface area contributed by atoms with Crippen LogP contribution in [0.4, 0.5) is 0 Å². The molecule has 2 unspecified atom stereocenters. The lowest BCUT2D eigenvalue weighted by atomic mass is 9.44. The highest BCUT2D eigenvalue weighted by atomic mass is 16.1. The lowest BCUT2D eigenvalue weighted by Gasteiger charge is -2.60. The van der Waals surface area contributed by atoms with Gasteiger partial charge in [-0.15, -0.1) is 0 Å². The average Bonchev–Trinajstić information content (AvgIpc) is 2.71. The molecule has 0 aromatic carbocycles. The standard InChI is InChI=1S/C16H22N2O/c1-15-6-11-5-12(7-15)9-16(8-11,10-15)13(19)14-17-3-4-18(14)2/h3-4,11-12H,5-10H2,1-2H3. The van der Waals surface area contributed by atoms with Crippen molar-refractivity contribution in [2.45, 2.75) is 45.4 Å². The SMILES string of the molecule is Cn1ccnc1C(=O)C12CC3CC(CC(C)(C3)C1)C2. The van der Waals surface area contributed by atoms with Gasteiger partial charge in [-0.25, -0.2) is 4.98 Å². The molecule has 4 saturated carbocycles. The molecule has 4 fully saturated rings. The molecule has 2 atom stereocenters. The van der Waals surface area contributed by atoms with Crippen LogP contribution in [0.5, 0.6) is 0 Å². The van der Waals surface area contributed by atoms with E-state index in [0.29, 0.717) is 17.0 Å². The van der Waals surface area contributed by atoms with Crippen LogP contribution in [0.2, 0.25) is 0 Å². The Morgan fingerprint density at radius 2 is 2.00 bits per heavy atom. The quantitative estimate of drug-likeness (QED) is 0.763. The molecule has 102 valence electrons. The van der Waals surface area contributed by atoms with E-state index in [0.717, 1.165) is 31.1 Å². The van der Waals surface area contributed by atoms with E-state index in [-0.39, 0.29) is 5.41 Å². The summed E-state index contributed by atoms with van der Waals surface area (Å²) in [4.78, 5) is 17.3. The smallest absolute Gasteiger partial charge is 0.204 e. The Morgan fingerprint density at radius 1 is 1.32 bits per heavy atom. The Labute approximate surface area is 114 Å². The molecule has 0 aliphatic heterocycles. The van der Waals surface area contributed by atoms with Gasteiger partial charge in [0.1, 0.15) is 0 Å². The zero-order chi connectivity index (χ0) is 13.3. The van der Waals surface area contributed by atoms with Crippen molar-refractivity contribution < 1.29 is 4.79 Å². The van der Waals surface area contributed by atoms with Crippen LogP contribution in [-0.2, 0) is 7.05 Å². The van der Waals surface area contributed by atoms with Crippen molar-refractivity contribution in [3.63, 3.8) is 0 Å². The molecule has 0 saturated heterocycles. The van der Waals surface area contributed by atoms with Crippen molar-refractivity contribution in [2.24, 2.45) is 29.7 Å². The molecular formula is C16H22N2O. The Bertz CT molecular complexity index is 531. The number of ketones is 1. The Balaban J connectivity index is 1.74. The lowest BCUT2D eigenvalue weighted by Crippen LogP contribution is -2.54. The maximum Gasteiger partial charge on any atom is 0.204 e. The molecule has 4 aliphatic rings. The molecule has 4 bridgehead atoms. The normalized spacial score (nSPS) is 43.7. The van der Waals surface area contributed by atoms with Gasteiger partial charge in [0.05, 0.1) is 0 Å². The van der Waals surface area contributed by atoms with Crippen molar-refractivity contribution in [3.05, 3.63) is 18.2 Å². The molecule has 3 nitrogen and oxygen atoms in total. The number of hydrogen-bond acceptors (Lipinski definition) is 2. The van der Waals surface area contributed by atoms with E-state index in [1.165, 1.54) is 19.3 Å². The minimum Gasteiger partial charge on any atom is -0.332 e. The average molecular weight is 258 g/mol. The van der Waals surface area contributed by atoms with E-state index in [1.807, 2.05) is 17.8 Å². The number of imidazole rings is 1. The van der Waals surface area contributed by atoms with E-state index in [9.17, 15) is 4.79 Å². The third kappa shape index (κ3) is 1.56. The first-order chi connectivity index (χ1) is 9.00. The molecule has 1 heterocycles. The number of rotatable bonds is 2. The summed E-state index contributed by atoms with van der Waals surface area (Å²) in [5, 5.41) is 0. The van der Waals surface area contributed by atoms with Gasteiger partial charge < -0.3 is 4.57 Å². The maximum absolute atomic E-state index is 13.0. The second-order valence-corrected chi connectivity index (χ2v) is 7.74. The Hall–Kier alpha value is -1.12. The topological polar surface area (TPSA) is 34.9 Å². The predicted molar refractivity (Wildman–Crippen MR) is 72.8 cm³/mol. The molecular weight excluding hydrogens is 236 g/mol. The highest BCUT2D eigenvalue weighted by molar-refractivity contribution is 5.98. The Morgan fingerprint density at radius 3 is 2.53 bits per heavy atom. The third-order valence-electron chi connectivity index (χ3n) is 5.86. The first-order valence-corrected chi connectivity index (χ1v) is 7.52. The fraction of sp³-hybridized carbons (Fsp3) is 0.750. The molecule has 5 rings (SSSR count). The Kier molecular flexibility index (Phi) is 2.15. The van der Waals surface area contributed by atoms with Gasteiger partial charge in [-0.2, -0.15) is 0 Å². The summed E-state index contributed by atoms with van der Waals surface area (Å²) in [6, 6.07) is 0. The van der Waals surface area contributed by atoms with Crippen molar-refractivity contribution >= 4 is 5.78 Å². The molecule has 0 amide bonds. The van der Waals surface area contributed by atoms with Gasteiger partial charge in [0.15, 0.2) is 5.82 Å². The fourth-order valence-electron chi connectivity index (χ4n) is 5.81. The van der Waals surface area contributed by atoms with Gasteiger partial charge in [-0.3, -0.25) is 4.79 Å². The zero-order valence-electron chi connectivity index (χ0n) is 11.9. The maximum atomic E-state index is 13.0. The molecule has 1 aromatic heterocycles. The van der Waals surface area contributed by atoms with Crippen LogP contribution in [0.1, 0.15) is 56.1 Å². The minimum absolute atomic E-state index is 0.0854. The fourth-order valence-corrected chi connectivity index (χ4v) is 5.81. The predicted octanol–water partition coefficient (Wildman–Crippen LogP) is 3.21. The van der Waals surface area contributed by atoms with E-state index in [2.05, 4.69) is 11.9 Å². The van der Waals surface area contributed by atoms with Gasteiger partial charge in [0.25, 0.3) is 0 Å². The molecule has 0 spiro atoms. The molecule has 1 aromatic rings. The highest BCUT2D eigenvalue weighted by Crippen LogP contribution is 2.65. The van der Waals surface area contributed by atoms with Crippen molar-refractivity contribution in [1.29, 1.82) is 0 Å². The summed E-state index contributed by atoms with van der Waals surface area (Å²) in [5.74, 6) is 2.57. The highest BCUT2D eigenvalue weighted by Gasteiger charge is 2.59.